The molecule has 0 atom stereocenters. The van der Waals surface area contributed by atoms with E-state index >= 15 is 0 Å². The fourth-order valence-electron chi connectivity index (χ4n) is 3.08. The molecule has 0 aliphatic carbocycles. The molecule has 0 fully saturated rings. The topological polar surface area (TPSA) is 74.7 Å². The standard InChI is InChI=1S/C21H18N4O2/c1-14-5-2-8-16(13-14)25-19(26)11-10-18(24-25)21(27)23-17-9-3-6-15-7-4-12-22-20(15)17/h2-9,12-13H,10-11H2,1H3,(H,23,27). The molecular weight excluding hydrogens is 340 g/mol. The smallest absolute Gasteiger partial charge is 0.271 e. The van der Waals surface area contributed by atoms with Gasteiger partial charge in [0.2, 0.25) is 5.91 Å². The van der Waals surface area contributed by atoms with Crippen molar-refractivity contribution in [1.82, 2.24) is 4.98 Å². The Labute approximate surface area is 156 Å². The lowest BCUT2D eigenvalue weighted by Gasteiger charge is -2.23. The average Bonchev–Trinajstić information content (AvgIpc) is 2.68. The lowest BCUT2D eigenvalue weighted by molar-refractivity contribution is -0.118. The highest BCUT2D eigenvalue weighted by Gasteiger charge is 2.26. The van der Waals surface area contributed by atoms with Crippen molar-refractivity contribution in [2.24, 2.45) is 5.10 Å². The molecule has 0 unspecified atom stereocenters. The van der Waals surface area contributed by atoms with Crippen molar-refractivity contribution in [3.63, 3.8) is 0 Å². The molecule has 4 rings (SSSR count). The first kappa shape index (κ1) is 16.9. The van der Waals surface area contributed by atoms with Crippen LogP contribution in [0.4, 0.5) is 11.4 Å². The second-order valence-corrected chi connectivity index (χ2v) is 6.43. The minimum atomic E-state index is -0.321. The van der Waals surface area contributed by atoms with E-state index in [1.54, 1.807) is 12.3 Å². The Morgan fingerprint density at radius 2 is 1.89 bits per heavy atom. The quantitative estimate of drug-likeness (QED) is 0.776. The van der Waals surface area contributed by atoms with Crippen molar-refractivity contribution in [3.8, 4) is 0 Å². The lowest BCUT2D eigenvalue weighted by Crippen LogP contribution is -2.36. The summed E-state index contributed by atoms with van der Waals surface area (Å²) in [4.78, 5) is 29.4. The van der Waals surface area contributed by atoms with Crippen LogP contribution in [0.25, 0.3) is 10.9 Å². The minimum absolute atomic E-state index is 0.121. The average molecular weight is 358 g/mol. The predicted octanol–water partition coefficient (Wildman–Crippen LogP) is 3.66. The Bertz CT molecular complexity index is 1070. The molecule has 1 aliphatic rings. The number of nitrogens with one attached hydrogen (secondary N) is 1. The Kier molecular flexibility index (Phi) is 4.38. The number of para-hydroxylation sites is 1. The number of nitrogens with zero attached hydrogens (tertiary/aromatic N) is 3. The monoisotopic (exact) mass is 358 g/mol. The zero-order valence-corrected chi connectivity index (χ0v) is 14.8. The zero-order chi connectivity index (χ0) is 18.8. The van der Waals surface area contributed by atoms with Gasteiger partial charge in [-0.2, -0.15) is 5.10 Å². The molecule has 6 nitrogen and oxygen atoms in total. The van der Waals surface area contributed by atoms with Crippen LogP contribution in [0.15, 0.2) is 65.9 Å². The van der Waals surface area contributed by atoms with Crippen molar-refractivity contribution in [2.45, 2.75) is 19.8 Å². The van der Waals surface area contributed by atoms with Crippen molar-refractivity contribution in [3.05, 3.63) is 66.4 Å². The summed E-state index contributed by atoms with van der Waals surface area (Å²) in [5, 5.41) is 9.46. The maximum atomic E-state index is 12.8. The normalized spacial score (nSPS) is 14.2. The number of fused-ring (bicyclic) bond motifs is 1. The molecule has 1 N–H and O–H groups in total. The molecule has 134 valence electrons. The van der Waals surface area contributed by atoms with Crippen LogP contribution in [0.5, 0.6) is 0 Å². The van der Waals surface area contributed by atoms with E-state index in [4.69, 9.17) is 0 Å². The maximum Gasteiger partial charge on any atom is 0.271 e. The van der Waals surface area contributed by atoms with Gasteiger partial charge in [0.15, 0.2) is 0 Å². The molecule has 0 saturated carbocycles. The first-order valence-corrected chi connectivity index (χ1v) is 8.74. The summed E-state index contributed by atoms with van der Waals surface area (Å²) < 4.78 is 0. The van der Waals surface area contributed by atoms with E-state index in [9.17, 15) is 9.59 Å². The summed E-state index contributed by atoms with van der Waals surface area (Å²) in [6.45, 7) is 1.95. The fourth-order valence-corrected chi connectivity index (χ4v) is 3.08. The highest BCUT2D eigenvalue weighted by Crippen LogP contribution is 2.23. The molecule has 1 aliphatic heterocycles. The molecule has 2 amide bonds. The van der Waals surface area contributed by atoms with Gasteiger partial charge in [-0.05, 0) is 36.8 Å². The summed E-state index contributed by atoms with van der Waals surface area (Å²) >= 11 is 0. The Morgan fingerprint density at radius 3 is 2.74 bits per heavy atom. The van der Waals surface area contributed by atoms with Crippen LogP contribution in [-0.4, -0.2) is 22.5 Å². The first-order chi connectivity index (χ1) is 13.1. The number of rotatable bonds is 3. The number of aromatic nitrogens is 1. The third kappa shape index (κ3) is 3.42. The Hall–Kier alpha value is -3.54. The van der Waals surface area contributed by atoms with Gasteiger partial charge in [-0.15, -0.1) is 0 Å². The zero-order valence-electron chi connectivity index (χ0n) is 14.8. The molecule has 2 aromatic carbocycles. The van der Waals surface area contributed by atoms with E-state index in [0.29, 0.717) is 23.5 Å². The van der Waals surface area contributed by atoms with Gasteiger partial charge in [0, 0.05) is 24.4 Å². The summed E-state index contributed by atoms with van der Waals surface area (Å²) in [5.41, 5.74) is 3.35. The number of aryl methyl sites for hydroxylation is 1. The molecule has 6 heteroatoms. The van der Waals surface area contributed by atoms with E-state index in [0.717, 1.165) is 16.5 Å². The SMILES string of the molecule is Cc1cccc(N2N=C(C(=O)Nc3cccc4cccnc34)CCC2=O)c1. The fraction of sp³-hybridized carbons (Fsp3) is 0.143. The van der Waals surface area contributed by atoms with Crippen LogP contribution < -0.4 is 10.3 Å². The van der Waals surface area contributed by atoms with Crippen LogP contribution >= 0.6 is 0 Å². The van der Waals surface area contributed by atoms with E-state index in [2.05, 4.69) is 15.4 Å². The molecule has 0 bridgehead atoms. The van der Waals surface area contributed by atoms with Crippen molar-refractivity contribution in [2.75, 3.05) is 10.3 Å². The highest BCUT2D eigenvalue weighted by molar-refractivity contribution is 6.44. The molecule has 1 aromatic heterocycles. The van der Waals surface area contributed by atoms with Gasteiger partial charge in [0.1, 0.15) is 5.71 Å². The molecular formula is C21H18N4O2. The molecule has 27 heavy (non-hydrogen) atoms. The summed E-state index contributed by atoms with van der Waals surface area (Å²) in [6.07, 6.45) is 2.24. The van der Waals surface area contributed by atoms with Gasteiger partial charge >= 0.3 is 0 Å². The van der Waals surface area contributed by atoms with E-state index in [1.165, 1.54) is 5.01 Å². The second-order valence-electron chi connectivity index (χ2n) is 6.43. The van der Waals surface area contributed by atoms with Gasteiger partial charge in [-0.1, -0.05) is 30.3 Å². The third-order valence-corrected chi connectivity index (χ3v) is 4.42. The Morgan fingerprint density at radius 1 is 1.07 bits per heavy atom. The van der Waals surface area contributed by atoms with Gasteiger partial charge in [0.25, 0.3) is 5.91 Å². The molecule has 2 heterocycles. The van der Waals surface area contributed by atoms with Gasteiger partial charge in [0.05, 0.1) is 16.9 Å². The Balaban J connectivity index is 1.63. The summed E-state index contributed by atoms with van der Waals surface area (Å²) in [5.74, 6) is -0.442. The molecule has 3 aromatic rings. The van der Waals surface area contributed by atoms with E-state index in [1.807, 2.05) is 55.5 Å². The van der Waals surface area contributed by atoms with Crippen LogP contribution in [0.3, 0.4) is 0 Å². The number of hydrazone groups is 1. The second kappa shape index (κ2) is 6.99. The van der Waals surface area contributed by atoms with Gasteiger partial charge in [-0.3, -0.25) is 14.6 Å². The number of carbonyl (C=O) groups excluding carboxylic acids is 2. The number of carbonyl (C=O) groups is 2. The van der Waals surface area contributed by atoms with Crippen molar-refractivity contribution < 1.29 is 9.59 Å². The summed E-state index contributed by atoms with van der Waals surface area (Å²) in [6, 6.07) is 16.9. The van der Waals surface area contributed by atoms with Crippen LogP contribution in [0, 0.1) is 6.92 Å². The molecule has 0 spiro atoms. The van der Waals surface area contributed by atoms with Crippen LogP contribution in [0.1, 0.15) is 18.4 Å². The van der Waals surface area contributed by atoms with Crippen LogP contribution in [0.2, 0.25) is 0 Å². The highest BCUT2D eigenvalue weighted by atomic mass is 16.2. The van der Waals surface area contributed by atoms with Crippen molar-refractivity contribution in [1.29, 1.82) is 0 Å². The van der Waals surface area contributed by atoms with Gasteiger partial charge in [-0.25, -0.2) is 5.01 Å². The number of pyridine rings is 1. The number of benzene rings is 2. The third-order valence-electron chi connectivity index (χ3n) is 4.42. The predicted molar refractivity (Wildman–Crippen MR) is 106 cm³/mol. The maximum absolute atomic E-state index is 12.8. The minimum Gasteiger partial charge on any atom is -0.319 e. The number of hydrogen-bond donors (Lipinski definition) is 1. The van der Waals surface area contributed by atoms with E-state index < -0.39 is 0 Å². The van der Waals surface area contributed by atoms with E-state index in [-0.39, 0.29) is 18.2 Å². The summed E-state index contributed by atoms with van der Waals surface area (Å²) in [7, 11) is 0. The first-order valence-electron chi connectivity index (χ1n) is 8.74. The number of amides is 2. The molecule has 0 saturated heterocycles. The molecule has 0 radical (unpaired) electrons. The number of hydrogen-bond acceptors (Lipinski definition) is 4. The van der Waals surface area contributed by atoms with Gasteiger partial charge < -0.3 is 5.32 Å². The lowest BCUT2D eigenvalue weighted by atomic mass is 10.1. The largest absolute Gasteiger partial charge is 0.319 e. The van der Waals surface area contributed by atoms with Crippen LogP contribution in [-0.2, 0) is 9.59 Å². The van der Waals surface area contributed by atoms with Crippen molar-refractivity contribution >= 4 is 39.8 Å². The number of anilines is 2.